The van der Waals surface area contributed by atoms with E-state index >= 15 is 0 Å². The van der Waals surface area contributed by atoms with Gasteiger partial charge >= 0.3 is 0 Å². The van der Waals surface area contributed by atoms with Crippen molar-refractivity contribution in [3.8, 4) is 11.5 Å². The number of thiophene rings is 2. The molecular formula is C67H60B3N5OS5. The Bertz CT molecular complexity index is 4400. The summed E-state index contributed by atoms with van der Waals surface area (Å²) in [5, 5.41) is 6.69. The summed E-state index contributed by atoms with van der Waals surface area (Å²) in [6.07, 6.45) is 6.77. The smallest absolute Gasteiger partial charge is 0.268 e. The fourth-order valence-electron chi connectivity index (χ4n) is 14.1. The van der Waals surface area contributed by atoms with Gasteiger partial charge in [-0.2, -0.15) is 0 Å². The number of ether oxygens (including phenoxy) is 1. The Kier molecular flexibility index (Phi) is 10.8. The fourth-order valence-corrected chi connectivity index (χ4v) is 18.8. The summed E-state index contributed by atoms with van der Waals surface area (Å²) in [5.41, 5.74) is 26.6. The predicted octanol–water partition coefficient (Wildman–Crippen LogP) is 13.7. The Morgan fingerprint density at radius 3 is 1.56 bits per heavy atom. The minimum Gasteiger partial charge on any atom is -0.457 e. The van der Waals surface area contributed by atoms with Gasteiger partial charge in [0, 0.05) is 88.3 Å². The molecule has 0 saturated heterocycles. The number of fused-ring (bicyclic) bond motifs is 16. The molecule has 8 aromatic carbocycles. The number of nitrogens with one attached hydrogen (secondary N) is 1. The van der Waals surface area contributed by atoms with Gasteiger partial charge in [0.1, 0.15) is 11.5 Å². The van der Waals surface area contributed by atoms with Crippen molar-refractivity contribution in [3.63, 3.8) is 0 Å². The van der Waals surface area contributed by atoms with Crippen molar-refractivity contribution < 1.29 is 4.74 Å². The molecule has 0 amide bonds. The Labute approximate surface area is 498 Å². The zero-order valence-corrected chi connectivity index (χ0v) is 51.8. The predicted molar refractivity (Wildman–Crippen MR) is 364 cm³/mol. The van der Waals surface area contributed by atoms with Crippen molar-refractivity contribution in [3.05, 3.63) is 156 Å². The maximum absolute atomic E-state index is 7.25. The SMILES string of the molecule is CSN1c2cc3c(cc2B2c4sc5ccccc5c4Oc4cc(C(C)(C)C)cc1c42)B1c2cc4c(cc2N(SC)c2cc(C(C)(C)C)cc(c21)N3SC)Nc1cc(C(C)(C)C)cc2c1B4c1sc3ccccc3c1N2c1ccccc1. The fraction of sp³-hybridized carbons (Fsp3) is 0.224. The van der Waals surface area contributed by atoms with Crippen LogP contribution in [0.5, 0.6) is 11.5 Å². The summed E-state index contributed by atoms with van der Waals surface area (Å²) < 4.78 is 20.1. The lowest BCUT2D eigenvalue weighted by Crippen LogP contribution is -2.65. The van der Waals surface area contributed by atoms with Gasteiger partial charge in [-0.3, -0.25) is 12.9 Å². The van der Waals surface area contributed by atoms with Crippen LogP contribution < -0.4 is 75.7 Å². The van der Waals surface area contributed by atoms with Crippen molar-refractivity contribution >= 4 is 209 Å². The second-order valence-electron chi connectivity index (χ2n) is 25.7. The second-order valence-corrected chi connectivity index (χ2v) is 30.1. The third-order valence-electron chi connectivity index (χ3n) is 18.0. The lowest BCUT2D eigenvalue weighted by Gasteiger charge is -2.46. The minimum atomic E-state index is -0.0986. The first-order valence-electron chi connectivity index (χ1n) is 28.2. The molecule has 8 heterocycles. The summed E-state index contributed by atoms with van der Waals surface area (Å²) >= 11 is 9.31. The minimum absolute atomic E-state index is 0.00393. The van der Waals surface area contributed by atoms with E-state index in [1.54, 1.807) is 11.9 Å². The zero-order chi connectivity index (χ0) is 55.5. The van der Waals surface area contributed by atoms with E-state index in [-0.39, 0.29) is 36.4 Å². The number of benzene rings is 8. The largest absolute Gasteiger partial charge is 0.457 e. The molecule has 6 aliphatic heterocycles. The average Bonchev–Trinajstić information content (AvgIpc) is 4.08. The van der Waals surface area contributed by atoms with Crippen molar-refractivity contribution in [1.82, 2.24) is 0 Å². The first kappa shape index (κ1) is 50.5. The van der Waals surface area contributed by atoms with Crippen LogP contribution in [0.4, 0.5) is 62.6 Å². The van der Waals surface area contributed by atoms with Gasteiger partial charge in [-0.1, -0.05) is 123 Å². The van der Waals surface area contributed by atoms with Gasteiger partial charge in [0.15, 0.2) is 0 Å². The number of para-hydroxylation sites is 1. The Morgan fingerprint density at radius 1 is 0.432 bits per heavy atom. The van der Waals surface area contributed by atoms with Crippen LogP contribution in [0.1, 0.15) is 79.0 Å². The van der Waals surface area contributed by atoms with Crippen molar-refractivity contribution in [1.29, 1.82) is 0 Å². The molecule has 2 aromatic heterocycles. The molecule has 0 saturated carbocycles. The Morgan fingerprint density at radius 2 is 0.926 bits per heavy atom. The summed E-state index contributed by atoms with van der Waals surface area (Å²) in [4.78, 5) is 2.58. The lowest BCUT2D eigenvalue weighted by atomic mass is 9.30. The lowest BCUT2D eigenvalue weighted by molar-refractivity contribution is 0.490. The molecule has 0 bridgehead atoms. The molecule has 81 heavy (non-hydrogen) atoms. The highest BCUT2D eigenvalue weighted by molar-refractivity contribution is 8.01. The number of nitrogens with zero attached hydrogens (tertiary/aromatic N) is 4. The molecule has 0 radical (unpaired) electrons. The molecule has 0 spiro atoms. The first-order valence-corrected chi connectivity index (χ1v) is 33.4. The van der Waals surface area contributed by atoms with Gasteiger partial charge in [-0.25, -0.2) is 0 Å². The molecule has 14 heteroatoms. The molecular weight excluding hydrogens is 1080 g/mol. The normalized spacial score (nSPS) is 15.1. The molecule has 0 fully saturated rings. The zero-order valence-electron chi connectivity index (χ0n) is 47.7. The summed E-state index contributed by atoms with van der Waals surface area (Å²) in [6, 6.07) is 54.2. The van der Waals surface area contributed by atoms with Crippen LogP contribution in [0.3, 0.4) is 0 Å². The molecule has 6 aliphatic rings. The summed E-state index contributed by atoms with van der Waals surface area (Å²) in [5.74, 6) is 1.98. The third-order valence-corrected chi connectivity index (χ3v) is 22.7. The van der Waals surface area contributed by atoms with Crippen molar-refractivity contribution in [2.75, 3.05) is 41.9 Å². The Hall–Kier alpha value is -6.28. The van der Waals surface area contributed by atoms with E-state index in [4.69, 9.17) is 4.74 Å². The standard InChI is InChI=1S/C67H60B3N5OS5/c1-65(2,3)36-26-47-58-51(27-36)72(39-20-14-13-15-21-39)61-40-22-16-18-24-56(40)80-63(61)69(58)42-32-43-48(34-46(42)71-47)73(77-10)52-28-37(66(4,5)6)29-53-59(52)68(43)44-33-45-50(35-49(44)74(53)78-11)75(79-12)54-30-38(67(7,8)9)31-55-60(54)70(45)64-62(76-55)41-23-17-19-25-57(41)81-64/h13-35,71H,1-12H3. The van der Waals surface area contributed by atoms with E-state index in [9.17, 15) is 0 Å². The van der Waals surface area contributed by atoms with Crippen LogP contribution in [0.15, 0.2) is 140 Å². The van der Waals surface area contributed by atoms with Gasteiger partial charge in [0.2, 0.25) is 0 Å². The molecule has 16 rings (SSSR count). The van der Waals surface area contributed by atoms with Gasteiger partial charge < -0.3 is 15.0 Å². The van der Waals surface area contributed by atoms with Crippen molar-refractivity contribution in [2.45, 2.75) is 78.6 Å². The number of rotatable bonds is 4. The van der Waals surface area contributed by atoms with Gasteiger partial charge in [-0.15, -0.1) is 22.7 Å². The number of anilines is 11. The summed E-state index contributed by atoms with van der Waals surface area (Å²) in [6.45, 7) is 21.0. The van der Waals surface area contributed by atoms with Crippen LogP contribution in [-0.4, -0.2) is 38.9 Å². The topological polar surface area (TPSA) is 34.2 Å². The molecule has 0 unspecified atom stereocenters. The van der Waals surface area contributed by atoms with E-state index in [0.717, 1.165) is 11.5 Å². The van der Waals surface area contributed by atoms with E-state index in [1.807, 2.05) is 46.6 Å². The highest BCUT2D eigenvalue weighted by Gasteiger charge is 2.51. The van der Waals surface area contributed by atoms with Crippen LogP contribution in [0.25, 0.3) is 20.2 Å². The molecule has 398 valence electrons. The van der Waals surface area contributed by atoms with Crippen LogP contribution in [-0.2, 0) is 16.2 Å². The maximum Gasteiger partial charge on any atom is 0.268 e. The number of hydrogen-bond acceptors (Lipinski definition) is 11. The average molecular weight is 1140 g/mol. The van der Waals surface area contributed by atoms with Crippen molar-refractivity contribution in [2.24, 2.45) is 0 Å². The van der Waals surface area contributed by atoms with E-state index in [1.165, 1.54) is 147 Å². The first-order chi connectivity index (χ1) is 38.9. The third kappa shape index (κ3) is 7.06. The van der Waals surface area contributed by atoms with E-state index in [2.05, 4.69) is 244 Å². The molecule has 6 nitrogen and oxygen atoms in total. The highest BCUT2D eigenvalue weighted by atomic mass is 32.2. The monoisotopic (exact) mass is 1140 g/mol. The van der Waals surface area contributed by atoms with Gasteiger partial charge in [0.25, 0.3) is 20.1 Å². The Balaban J connectivity index is 0.988. The molecule has 1 N–H and O–H groups in total. The quantitative estimate of drug-likeness (QED) is 0.137. The van der Waals surface area contributed by atoms with Crippen LogP contribution in [0, 0.1) is 0 Å². The van der Waals surface area contributed by atoms with Crippen LogP contribution >= 0.6 is 58.5 Å². The van der Waals surface area contributed by atoms with E-state index in [0.29, 0.717) is 0 Å². The highest BCUT2D eigenvalue weighted by Crippen LogP contribution is 2.51. The van der Waals surface area contributed by atoms with Crippen LogP contribution in [0.2, 0.25) is 0 Å². The second kappa shape index (κ2) is 17.4. The number of hydrogen-bond donors (Lipinski definition) is 1. The molecule has 10 aromatic rings. The van der Waals surface area contributed by atoms with Gasteiger partial charge in [0.05, 0.1) is 22.7 Å². The molecule has 0 aliphatic carbocycles. The van der Waals surface area contributed by atoms with E-state index < -0.39 is 0 Å². The van der Waals surface area contributed by atoms with Gasteiger partial charge in [-0.05, 0) is 186 Å². The maximum atomic E-state index is 7.25. The summed E-state index contributed by atoms with van der Waals surface area (Å²) in [7, 11) is 0. The molecule has 0 atom stereocenters.